The first-order valence-corrected chi connectivity index (χ1v) is 9.99. The molecule has 5 atom stereocenters. The first kappa shape index (κ1) is 21.6. The molecule has 28 heavy (non-hydrogen) atoms. The number of hydrogen-bond donors (Lipinski definition) is 2. The van der Waals surface area contributed by atoms with Gasteiger partial charge in [0.2, 0.25) is 0 Å². The maximum absolute atomic E-state index is 13.4. The number of hydroxylamine groups is 1. The average Bonchev–Trinajstić information content (AvgIpc) is 2.61. The molecule has 158 valence electrons. The number of hydrogen-bond acceptors (Lipinski definition) is 4. The Morgan fingerprint density at radius 2 is 1.93 bits per heavy atom. The monoisotopic (exact) mass is 424 g/mol. The summed E-state index contributed by atoms with van der Waals surface area (Å²) in [5.41, 5.74) is 3.45. The van der Waals surface area contributed by atoms with Crippen LogP contribution in [0.1, 0.15) is 43.6 Å². The fraction of sp³-hybridized carbons (Fsp3) is 0.684. The van der Waals surface area contributed by atoms with E-state index >= 15 is 0 Å². The molecule has 1 aromatic rings. The Hall–Kier alpha value is -1.09. The third-order valence-electron chi connectivity index (χ3n) is 5.28. The van der Waals surface area contributed by atoms with Crippen LogP contribution in [0.4, 0.5) is 17.6 Å². The van der Waals surface area contributed by atoms with Crippen LogP contribution in [0.2, 0.25) is 0 Å². The molecule has 1 aromatic carbocycles. The largest absolute Gasteiger partial charge is 0.573 e. The van der Waals surface area contributed by atoms with Crippen molar-refractivity contribution in [1.82, 2.24) is 10.8 Å². The number of piperidine rings is 1. The van der Waals surface area contributed by atoms with Gasteiger partial charge in [-0.1, -0.05) is 18.2 Å². The van der Waals surface area contributed by atoms with Crippen molar-refractivity contribution >= 4 is 11.6 Å². The van der Waals surface area contributed by atoms with Gasteiger partial charge in [-0.05, 0) is 50.3 Å². The lowest BCUT2D eigenvalue weighted by Crippen LogP contribution is -2.45. The number of halogens is 5. The minimum atomic E-state index is -4.74. The second kappa shape index (κ2) is 9.61. The normalized spacial score (nSPS) is 31.5. The molecule has 1 heterocycles. The van der Waals surface area contributed by atoms with Crippen molar-refractivity contribution in [2.75, 3.05) is 13.2 Å². The zero-order chi connectivity index (χ0) is 20.1. The van der Waals surface area contributed by atoms with Crippen LogP contribution < -0.4 is 15.5 Å². The third kappa shape index (κ3) is 6.20. The topological polar surface area (TPSA) is 42.5 Å². The highest BCUT2D eigenvalue weighted by Crippen LogP contribution is 2.41. The number of nitrogens with one attached hydrogen (secondary N) is 2. The highest BCUT2D eigenvalue weighted by atomic mass is 35.5. The Kier molecular flexibility index (Phi) is 7.42. The Morgan fingerprint density at radius 3 is 2.64 bits per heavy atom. The van der Waals surface area contributed by atoms with E-state index in [-0.39, 0.29) is 29.1 Å². The molecule has 0 radical (unpaired) electrons. The van der Waals surface area contributed by atoms with Gasteiger partial charge in [0.1, 0.15) is 11.9 Å². The van der Waals surface area contributed by atoms with Gasteiger partial charge in [0.25, 0.3) is 0 Å². The molecule has 1 aliphatic heterocycles. The lowest BCUT2D eigenvalue weighted by atomic mass is 9.81. The highest BCUT2D eigenvalue weighted by molar-refractivity contribution is 6.21. The van der Waals surface area contributed by atoms with Gasteiger partial charge in [0, 0.05) is 23.4 Å². The molecular formula is C19H25ClF4N2O2. The minimum absolute atomic E-state index is 0.000731. The van der Waals surface area contributed by atoms with Crippen molar-refractivity contribution in [2.45, 2.75) is 68.0 Å². The van der Waals surface area contributed by atoms with Crippen LogP contribution >= 0.6 is 11.6 Å². The summed E-state index contributed by atoms with van der Waals surface area (Å²) in [6.07, 6.45) is -2.70. The van der Waals surface area contributed by atoms with E-state index in [0.717, 1.165) is 0 Å². The number of alkyl halides is 5. The molecule has 1 saturated carbocycles. The number of rotatable bonds is 6. The standard InChI is InChI=1S/C19H25ClF4N2O2/c20-17-10-13(26-27-11-14-9-12(21)7-8-25-14)5-6-15(17)16-3-1-2-4-18(16)28-19(22,23)24/h1-4,12-15,17,25-26H,5-11H2/t12?,13?,14-,15?,17?/m1/s1. The number of ether oxygens (including phenoxy) is 1. The van der Waals surface area contributed by atoms with Crippen molar-refractivity contribution in [3.05, 3.63) is 29.8 Å². The van der Waals surface area contributed by atoms with E-state index in [0.29, 0.717) is 50.8 Å². The first-order chi connectivity index (χ1) is 13.3. The SMILES string of the molecule is FC1CCN[C@@H](CONC2CCC(c3ccccc3OC(F)(F)F)C(Cl)C2)C1. The summed E-state index contributed by atoms with van der Waals surface area (Å²) in [7, 11) is 0. The first-order valence-electron chi connectivity index (χ1n) is 9.55. The van der Waals surface area contributed by atoms with Gasteiger partial charge >= 0.3 is 6.36 Å². The maximum atomic E-state index is 13.4. The van der Waals surface area contributed by atoms with Crippen LogP contribution in [0, 0.1) is 0 Å². The maximum Gasteiger partial charge on any atom is 0.573 e. The van der Waals surface area contributed by atoms with Crippen molar-refractivity contribution in [2.24, 2.45) is 0 Å². The number of benzene rings is 1. The zero-order valence-electron chi connectivity index (χ0n) is 15.4. The van der Waals surface area contributed by atoms with E-state index in [1.54, 1.807) is 12.1 Å². The predicted molar refractivity (Wildman–Crippen MR) is 98.2 cm³/mol. The molecule has 2 aliphatic rings. The summed E-state index contributed by atoms with van der Waals surface area (Å²) < 4.78 is 55.5. The van der Waals surface area contributed by atoms with Crippen LogP contribution in [-0.4, -0.2) is 43.1 Å². The highest BCUT2D eigenvalue weighted by Gasteiger charge is 2.36. The van der Waals surface area contributed by atoms with Crippen molar-refractivity contribution in [3.63, 3.8) is 0 Å². The molecule has 2 fully saturated rings. The van der Waals surface area contributed by atoms with E-state index in [1.165, 1.54) is 12.1 Å². The molecule has 0 aromatic heterocycles. The fourth-order valence-electron chi connectivity index (χ4n) is 3.92. The van der Waals surface area contributed by atoms with Crippen LogP contribution in [-0.2, 0) is 4.84 Å². The summed E-state index contributed by atoms with van der Waals surface area (Å²) in [6, 6.07) is 6.12. The molecule has 1 aliphatic carbocycles. The zero-order valence-corrected chi connectivity index (χ0v) is 16.1. The fourth-order valence-corrected chi connectivity index (χ4v) is 4.40. The molecule has 1 saturated heterocycles. The van der Waals surface area contributed by atoms with Gasteiger partial charge in [-0.25, -0.2) is 4.39 Å². The molecule has 0 amide bonds. The minimum Gasteiger partial charge on any atom is -0.405 e. The summed E-state index contributed by atoms with van der Waals surface area (Å²) in [5.74, 6) is -0.428. The van der Waals surface area contributed by atoms with Gasteiger partial charge in [-0.15, -0.1) is 24.8 Å². The van der Waals surface area contributed by atoms with Crippen molar-refractivity contribution in [1.29, 1.82) is 0 Å². The smallest absolute Gasteiger partial charge is 0.405 e. The average molecular weight is 425 g/mol. The van der Waals surface area contributed by atoms with Crippen molar-refractivity contribution < 1.29 is 27.1 Å². The molecule has 4 nitrogen and oxygen atoms in total. The molecular weight excluding hydrogens is 400 g/mol. The van der Waals surface area contributed by atoms with E-state index < -0.39 is 12.5 Å². The predicted octanol–water partition coefficient (Wildman–Crippen LogP) is 4.44. The summed E-state index contributed by atoms with van der Waals surface area (Å²) in [6.45, 7) is 0.999. The van der Waals surface area contributed by atoms with Crippen molar-refractivity contribution in [3.8, 4) is 5.75 Å². The van der Waals surface area contributed by atoms with E-state index in [9.17, 15) is 17.6 Å². The van der Waals surface area contributed by atoms with Crippen LogP contribution in [0.3, 0.4) is 0 Å². The Labute approximate surface area is 166 Å². The van der Waals surface area contributed by atoms with Gasteiger partial charge in [0.05, 0.1) is 6.61 Å². The molecule has 4 unspecified atom stereocenters. The second-order valence-electron chi connectivity index (χ2n) is 7.42. The summed E-state index contributed by atoms with van der Waals surface area (Å²) >= 11 is 6.51. The Balaban J connectivity index is 1.50. The van der Waals surface area contributed by atoms with Crippen LogP contribution in [0.5, 0.6) is 5.75 Å². The number of para-hydroxylation sites is 1. The third-order valence-corrected chi connectivity index (χ3v) is 5.76. The Morgan fingerprint density at radius 1 is 1.14 bits per heavy atom. The van der Waals surface area contributed by atoms with Gasteiger partial charge in [0.15, 0.2) is 0 Å². The van der Waals surface area contributed by atoms with Gasteiger partial charge in [-0.3, -0.25) is 4.84 Å². The lowest BCUT2D eigenvalue weighted by molar-refractivity contribution is -0.275. The van der Waals surface area contributed by atoms with E-state index in [2.05, 4.69) is 15.5 Å². The Bertz CT molecular complexity index is 634. The quantitative estimate of drug-likeness (QED) is 0.402. The molecule has 9 heteroatoms. The lowest BCUT2D eigenvalue weighted by Gasteiger charge is -2.34. The van der Waals surface area contributed by atoms with Crippen LogP contribution in [0.15, 0.2) is 24.3 Å². The molecule has 2 N–H and O–H groups in total. The van der Waals surface area contributed by atoms with Crippen LogP contribution in [0.25, 0.3) is 0 Å². The summed E-state index contributed by atoms with van der Waals surface area (Å²) in [5, 5.41) is 2.86. The molecule has 3 rings (SSSR count). The second-order valence-corrected chi connectivity index (χ2v) is 7.98. The van der Waals surface area contributed by atoms with E-state index in [4.69, 9.17) is 16.4 Å². The molecule has 0 spiro atoms. The van der Waals surface area contributed by atoms with Gasteiger partial charge in [-0.2, -0.15) is 5.48 Å². The van der Waals surface area contributed by atoms with Gasteiger partial charge < -0.3 is 10.1 Å². The van der Waals surface area contributed by atoms with E-state index in [1.807, 2.05) is 0 Å². The molecule has 0 bridgehead atoms. The summed E-state index contributed by atoms with van der Waals surface area (Å²) in [4.78, 5) is 5.53.